The molecule has 0 aliphatic heterocycles. The van der Waals surface area contributed by atoms with Gasteiger partial charge in [0.25, 0.3) is 0 Å². The largest absolute Gasteiger partial charge is 0.396 e. The Morgan fingerprint density at radius 3 is 2.44 bits per heavy atom. The molecule has 0 aromatic carbocycles. The monoisotopic (exact) mass is 241 g/mol. The van der Waals surface area contributed by atoms with E-state index in [1.165, 1.54) is 0 Å². The van der Waals surface area contributed by atoms with Gasteiger partial charge in [-0.2, -0.15) is 0 Å². The molecule has 0 amide bonds. The summed E-state index contributed by atoms with van der Waals surface area (Å²) in [6.07, 6.45) is 1.64. The zero-order valence-electron chi connectivity index (χ0n) is 10.4. The average Bonchev–Trinajstić information content (AvgIpc) is 2.14. The Kier molecular flexibility index (Phi) is 4.42. The van der Waals surface area contributed by atoms with Crippen LogP contribution in [0.5, 0.6) is 0 Å². The van der Waals surface area contributed by atoms with Crippen molar-refractivity contribution >= 4 is 23.1 Å². The van der Waals surface area contributed by atoms with Crippen molar-refractivity contribution in [3.63, 3.8) is 0 Å². The molecule has 0 aliphatic carbocycles. The van der Waals surface area contributed by atoms with E-state index < -0.39 is 0 Å². The van der Waals surface area contributed by atoms with E-state index in [4.69, 9.17) is 17.3 Å². The highest BCUT2D eigenvalue weighted by molar-refractivity contribution is 6.30. The van der Waals surface area contributed by atoms with Crippen molar-refractivity contribution in [1.29, 1.82) is 0 Å². The number of aromatic nitrogens is 1. The van der Waals surface area contributed by atoms with E-state index in [1.807, 2.05) is 0 Å². The van der Waals surface area contributed by atoms with Crippen molar-refractivity contribution in [2.75, 3.05) is 17.2 Å². The smallest absolute Gasteiger partial charge is 0.152 e. The second kappa shape index (κ2) is 5.39. The normalized spacial score (nSPS) is 11.2. The van der Waals surface area contributed by atoms with Crippen LogP contribution < -0.4 is 10.6 Å². The molecule has 0 atom stereocenters. The summed E-state index contributed by atoms with van der Waals surface area (Å²) >= 11 is 5.85. The Balaban J connectivity index is 3.01. The number of nitrogens with zero attached hydrogens (tertiary/aromatic N) is 2. The van der Waals surface area contributed by atoms with Crippen molar-refractivity contribution in [3.05, 3.63) is 17.3 Å². The van der Waals surface area contributed by atoms with Crippen LogP contribution in [0.3, 0.4) is 0 Å². The Labute approximate surface area is 103 Å². The summed E-state index contributed by atoms with van der Waals surface area (Å²) in [6.45, 7) is 9.58. The number of hydrogen-bond acceptors (Lipinski definition) is 3. The number of pyridine rings is 1. The molecule has 0 radical (unpaired) electrons. The van der Waals surface area contributed by atoms with Crippen LogP contribution in [0.4, 0.5) is 11.5 Å². The first-order valence-corrected chi connectivity index (χ1v) is 5.97. The van der Waals surface area contributed by atoms with Crippen LogP contribution in [-0.4, -0.2) is 17.6 Å². The van der Waals surface area contributed by atoms with Gasteiger partial charge in [-0.25, -0.2) is 4.98 Å². The number of halogens is 1. The molecule has 0 bridgehead atoms. The van der Waals surface area contributed by atoms with E-state index in [0.717, 1.165) is 12.4 Å². The number of hydrogen-bond donors (Lipinski definition) is 1. The van der Waals surface area contributed by atoms with Gasteiger partial charge in [-0.05, 0) is 25.8 Å². The topological polar surface area (TPSA) is 42.2 Å². The van der Waals surface area contributed by atoms with Crippen LogP contribution in [0.15, 0.2) is 12.3 Å². The maximum absolute atomic E-state index is 5.95. The standard InChI is InChI=1S/C12H20ClN3/c1-8(2)7-16(9(3)4)12-11(14)5-10(13)6-15-12/h5-6,8-9H,7,14H2,1-4H3. The molecule has 0 fully saturated rings. The molecule has 1 aromatic heterocycles. The van der Waals surface area contributed by atoms with Crippen molar-refractivity contribution in [2.45, 2.75) is 33.7 Å². The third-order valence-electron chi connectivity index (χ3n) is 2.32. The predicted octanol–water partition coefficient (Wildman–Crippen LogP) is 3.19. The van der Waals surface area contributed by atoms with Gasteiger partial charge in [0.1, 0.15) is 0 Å². The van der Waals surface area contributed by atoms with Gasteiger partial charge >= 0.3 is 0 Å². The molecule has 1 heterocycles. The van der Waals surface area contributed by atoms with Gasteiger partial charge in [-0.3, -0.25) is 0 Å². The molecule has 16 heavy (non-hydrogen) atoms. The Morgan fingerprint density at radius 1 is 1.38 bits per heavy atom. The third-order valence-corrected chi connectivity index (χ3v) is 2.53. The van der Waals surface area contributed by atoms with E-state index in [9.17, 15) is 0 Å². The van der Waals surface area contributed by atoms with E-state index in [-0.39, 0.29) is 0 Å². The van der Waals surface area contributed by atoms with E-state index >= 15 is 0 Å². The van der Waals surface area contributed by atoms with Crippen molar-refractivity contribution in [2.24, 2.45) is 5.92 Å². The van der Waals surface area contributed by atoms with E-state index in [0.29, 0.717) is 22.7 Å². The summed E-state index contributed by atoms with van der Waals surface area (Å²) in [4.78, 5) is 6.53. The SMILES string of the molecule is CC(C)CN(c1ncc(Cl)cc1N)C(C)C. The lowest BCUT2D eigenvalue weighted by molar-refractivity contribution is 0.567. The van der Waals surface area contributed by atoms with Gasteiger partial charge in [0.2, 0.25) is 0 Å². The molecule has 1 aromatic rings. The van der Waals surface area contributed by atoms with Crippen LogP contribution in [-0.2, 0) is 0 Å². The van der Waals surface area contributed by atoms with E-state index in [2.05, 4.69) is 37.6 Å². The quantitative estimate of drug-likeness (QED) is 0.881. The van der Waals surface area contributed by atoms with Crippen LogP contribution in [0.25, 0.3) is 0 Å². The minimum absolute atomic E-state index is 0.373. The molecule has 2 N–H and O–H groups in total. The number of nitrogens with two attached hydrogens (primary N) is 1. The first kappa shape index (κ1) is 13.1. The second-order valence-corrected chi connectivity index (χ2v) is 5.14. The fourth-order valence-electron chi connectivity index (χ4n) is 1.62. The summed E-state index contributed by atoms with van der Waals surface area (Å²) in [5, 5.41) is 0.578. The van der Waals surface area contributed by atoms with Crippen LogP contribution in [0.2, 0.25) is 5.02 Å². The fraction of sp³-hybridized carbons (Fsp3) is 0.583. The molecule has 90 valence electrons. The molecule has 0 unspecified atom stereocenters. The molecule has 0 aliphatic rings. The summed E-state index contributed by atoms with van der Waals surface area (Å²) < 4.78 is 0. The predicted molar refractivity (Wildman–Crippen MR) is 71.0 cm³/mol. The molecule has 0 spiro atoms. The highest BCUT2D eigenvalue weighted by atomic mass is 35.5. The molecule has 3 nitrogen and oxygen atoms in total. The molecule has 4 heteroatoms. The van der Waals surface area contributed by atoms with Crippen molar-refractivity contribution in [3.8, 4) is 0 Å². The molecular formula is C12H20ClN3. The Morgan fingerprint density at radius 2 is 2.00 bits per heavy atom. The van der Waals surface area contributed by atoms with Gasteiger partial charge in [-0.15, -0.1) is 0 Å². The molecule has 0 saturated carbocycles. The minimum Gasteiger partial charge on any atom is -0.396 e. The van der Waals surface area contributed by atoms with E-state index in [1.54, 1.807) is 12.3 Å². The number of nitrogen functional groups attached to an aromatic ring is 1. The summed E-state index contributed by atoms with van der Waals surface area (Å²) in [5.41, 5.74) is 6.59. The first-order chi connectivity index (χ1) is 7.41. The molecule has 0 saturated heterocycles. The van der Waals surface area contributed by atoms with Crippen molar-refractivity contribution < 1.29 is 0 Å². The lowest BCUT2D eigenvalue weighted by Gasteiger charge is -2.30. The summed E-state index contributed by atoms with van der Waals surface area (Å²) in [7, 11) is 0. The third kappa shape index (κ3) is 3.27. The lowest BCUT2D eigenvalue weighted by atomic mass is 10.1. The average molecular weight is 242 g/mol. The zero-order valence-corrected chi connectivity index (χ0v) is 11.1. The number of anilines is 2. The lowest BCUT2D eigenvalue weighted by Crippen LogP contribution is -2.35. The van der Waals surface area contributed by atoms with Gasteiger partial charge < -0.3 is 10.6 Å². The number of rotatable bonds is 4. The fourth-order valence-corrected chi connectivity index (χ4v) is 1.79. The van der Waals surface area contributed by atoms with Gasteiger partial charge in [0, 0.05) is 18.8 Å². The Bertz CT molecular complexity index is 350. The van der Waals surface area contributed by atoms with Crippen LogP contribution in [0.1, 0.15) is 27.7 Å². The maximum atomic E-state index is 5.95. The summed E-state index contributed by atoms with van der Waals surface area (Å²) in [6, 6.07) is 2.12. The highest BCUT2D eigenvalue weighted by Crippen LogP contribution is 2.25. The first-order valence-electron chi connectivity index (χ1n) is 5.59. The van der Waals surface area contributed by atoms with Gasteiger partial charge in [-0.1, -0.05) is 25.4 Å². The molecular weight excluding hydrogens is 222 g/mol. The second-order valence-electron chi connectivity index (χ2n) is 4.71. The van der Waals surface area contributed by atoms with Crippen LogP contribution >= 0.6 is 11.6 Å². The summed E-state index contributed by atoms with van der Waals surface area (Å²) in [5.74, 6) is 1.40. The maximum Gasteiger partial charge on any atom is 0.152 e. The minimum atomic E-state index is 0.373. The zero-order chi connectivity index (χ0) is 12.3. The highest BCUT2D eigenvalue weighted by Gasteiger charge is 2.16. The van der Waals surface area contributed by atoms with Crippen LogP contribution in [0, 0.1) is 5.92 Å². The van der Waals surface area contributed by atoms with Gasteiger partial charge in [0.05, 0.1) is 10.7 Å². The molecule has 1 rings (SSSR count). The Hall–Kier alpha value is -0.960. The van der Waals surface area contributed by atoms with Gasteiger partial charge in [0.15, 0.2) is 5.82 Å². The van der Waals surface area contributed by atoms with Crippen molar-refractivity contribution in [1.82, 2.24) is 4.98 Å².